The molecule has 0 saturated carbocycles. The Hall–Kier alpha value is -1.18. The molecule has 12 heavy (non-hydrogen) atoms. The van der Waals surface area contributed by atoms with Crippen LogP contribution >= 0.6 is 0 Å². The summed E-state index contributed by atoms with van der Waals surface area (Å²) >= 11 is 0. The zero-order valence-electron chi connectivity index (χ0n) is 7.72. The molecule has 0 aliphatic heterocycles. The zero-order valence-corrected chi connectivity index (χ0v) is 7.72. The van der Waals surface area contributed by atoms with Crippen LogP contribution in [0, 0.1) is 6.92 Å². The van der Waals surface area contributed by atoms with Gasteiger partial charge in [-0.05, 0) is 31.0 Å². The number of hydrogen-bond acceptors (Lipinski definition) is 2. The van der Waals surface area contributed by atoms with Gasteiger partial charge in [0, 0.05) is 5.56 Å². The highest BCUT2D eigenvalue weighted by molar-refractivity contribution is 5.46. The van der Waals surface area contributed by atoms with Crippen LogP contribution in [-0.4, -0.2) is 12.2 Å². The van der Waals surface area contributed by atoms with Gasteiger partial charge in [-0.2, -0.15) is 0 Å². The Morgan fingerprint density at radius 1 is 1.42 bits per heavy atom. The molecule has 0 radical (unpaired) electrons. The number of rotatable bonds is 2. The Morgan fingerprint density at radius 3 is 2.58 bits per heavy atom. The Bertz CT molecular complexity index is 279. The second-order valence-electron chi connectivity index (χ2n) is 2.82. The van der Waals surface area contributed by atoms with Crippen LogP contribution < -0.4 is 4.74 Å². The van der Waals surface area contributed by atoms with E-state index in [2.05, 4.69) is 0 Å². The molecule has 1 aromatic carbocycles. The lowest BCUT2D eigenvalue weighted by Gasteiger charge is -2.09. The summed E-state index contributed by atoms with van der Waals surface area (Å²) in [6, 6.07) is 3.68. The topological polar surface area (TPSA) is 29.5 Å². The van der Waals surface area contributed by atoms with Gasteiger partial charge < -0.3 is 9.84 Å². The summed E-state index contributed by atoms with van der Waals surface area (Å²) in [6.45, 7) is 3.93. The van der Waals surface area contributed by atoms with Crippen LogP contribution in [0.1, 0.15) is 18.1 Å². The smallest absolute Gasteiger partial charge is 0.125 e. The summed E-state index contributed by atoms with van der Waals surface area (Å²) in [5, 5.41) is 9.52. The van der Waals surface area contributed by atoms with E-state index in [9.17, 15) is 5.11 Å². The summed E-state index contributed by atoms with van der Waals surface area (Å²) in [6.07, 6.45) is 0.787. The Balaban J connectivity index is 3.24. The fourth-order valence-electron chi connectivity index (χ4n) is 1.30. The summed E-state index contributed by atoms with van der Waals surface area (Å²) < 4.78 is 5.14. The number of methoxy groups -OCH3 is 1. The highest BCUT2D eigenvalue weighted by Gasteiger charge is 2.06. The lowest BCUT2D eigenvalue weighted by atomic mass is 10.1. The maximum absolute atomic E-state index is 9.52. The van der Waals surface area contributed by atoms with Gasteiger partial charge >= 0.3 is 0 Å². The summed E-state index contributed by atoms with van der Waals surface area (Å²) in [4.78, 5) is 0. The molecule has 1 N–H and O–H groups in total. The third-order valence-electron chi connectivity index (χ3n) is 1.90. The van der Waals surface area contributed by atoms with Crippen LogP contribution in [0.25, 0.3) is 0 Å². The molecule has 2 heteroatoms. The van der Waals surface area contributed by atoms with Crippen LogP contribution in [0.15, 0.2) is 12.1 Å². The molecule has 0 unspecified atom stereocenters. The van der Waals surface area contributed by atoms with Crippen LogP contribution in [0.2, 0.25) is 0 Å². The second-order valence-corrected chi connectivity index (χ2v) is 2.82. The largest absolute Gasteiger partial charge is 0.508 e. The zero-order chi connectivity index (χ0) is 9.14. The maximum atomic E-state index is 9.52. The van der Waals surface area contributed by atoms with Crippen molar-refractivity contribution in [2.24, 2.45) is 0 Å². The van der Waals surface area contributed by atoms with Crippen molar-refractivity contribution in [3.05, 3.63) is 23.3 Å². The van der Waals surface area contributed by atoms with Crippen molar-refractivity contribution in [1.82, 2.24) is 0 Å². The van der Waals surface area contributed by atoms with Crippen LogP contribution in [-0.2, 0) is 6.42 Å². The Kier molecular flexibility index (Phi) is 2.58. The van der Waals surface area contributed by atoms with E-state index in [1.807, 2.05) is 19.9 Å². The third-order valence-corrected chi connectivity index (χ3v) is 1.90. The van der Waals surface area contributed by atoms with Crippen molar-refractivity contribution < 1.29 is 9.84 Å². The van der Waals surface area contributed by atoms with E-state index < -0.39 is 0 Å². The third kappa shape index (κ3) is 1.52. The average molecular weight is 166 g/mol. The first-order chi connectivity index (χ1) is 5.69. The van der Waals surface area contributed by atoms with E-state index in [1.165, 1.54) is 0 Å². The molecule has 0 saturated heterocycles. The summed E-state index contributed by atoms with van der Waals surface area (Å²) in [7, 11) is 1.62. The van der Waals surface area contributed by atoms with Gasteiger partial charge in [0.2, 0.25) is 0 Å². The minimum atomic E-state index is 0.328. The molecule has 1 rings (SSSR count). The van der Waals surface area contributed by atoms with Gasteiger partial charge in [-0.25, -0.2) is 0 Å². The fourth-order valence-corrected chi connectivity index (χ4v) is 1.30. The standard InChI is InChI=1S/C10H14O2/c1-4-8-9(11)5-7(2)6-10(8)12-3/h5-6,11H,4H2,1-3H3. The molecule has 0 heterocycles. The average Bonchev–Trinajstić information content (AvgIpc) is 2.03. The molecule has 0 aliphatic rings. The molecule has 66 valence electrons. The van der Waals surface area contributed by atoms with E-state index in [0.717, 1.165) is 23.3 Å². The quantitative estimate of drug-likeness (QED) is 0.730. The number of aryl methyl sites for hydroxylation is 1. The number of aromatic hydroxyl groups is 1. The monoisotopic (exact) mass is 166 g/mol. The van der Waals surface area contributed by atoms with E-state index in [0.29, 0.717) is 5.75 Å². The van der Waals surface area contributed by atoms with Gasteiger partial charge in [-0.1, -0.05) is 6.92 Å². The first-order valence-corrected chi connectivity index (χ1v) is 4.05. The predicted molar refractivity (Wildman–Crippen MR) is 48.8 cm³/mol. The molecule has 0 amide bonds. The fraction of sp³-hybridized carbons (Fsp3) is 0.400. The SMILES string of the molecule is CCc1c(O)cc(C)cc1OC. The molecule has 0 bridgehead atoms. The van der Waals surface area contributed by atoms with Gasteiger partial charge in [0.05, 0.1) is 7.11 Å². The van der Waals surface area contributed by atoms with Crippen molar-refractivity contribution in [2.75, 3.05) is 7.11 Å². The molecule has 0 atom stereocenters. The van der Waals surface area contributed by atoms with Crippen molar-refractivity contribution in [1.29, 1.82) is 0 Å². The minimum Gasteiger partial charge on any atom is -0.508 e. The number of hydrogen-bond donors (Lipinski definition) is 1. The minimum absolute atomic E-state index is 0.328. The summed E-state index contributed by atoms with van der Waals surface area (Å²) in [5.74, 6) is 1.10. The Labute approximate surface area is 72.8 Å². The van der Waals surface area contributed by atoms with Crippen molar-refractivity contribution in [3.8, 4) is 11.5 Å². The van der Waals surface area contributed by atoms with E-state index in [4.69, 9.17) is 4.74 Å². The second kappa shape index (κ2) is 3.48. The van der Waals surface area contributed by atoms with E-state index in [-0.39, 0.29) is 0 Å². The van der Waals surface area contributed by atoms with Crippen LogP contribution in [0.4, 0.5) is 0 Å². The maximum Gasteiger partial charge on any atom is 0.125 e. The van der Waals surface area contributed by atoms with Crippen LogP contribution in [0.3, 0.4) is 0 Å². The molecule has 0 aromatic heterocycles. The van der Waals surface area contributed by atoms with Crippen molar-refractivity contribution >= 4 is 0 Å². The molecule has 0 spiro atoms. The lowest BCUT2D eigenvalue weighted by Crippen LogP contribution is -1.91. The number of benzene rings is 1. The van der Waals surface area contributed by atoms with Gasteiger partial charge in [0.15, 0.2) is 0 Å². The van der Waals surface area contributed by atoms with Crippen molar-refractivity contribution in [3.63, 3.8) is 0 Å². The first-order valence-electron chi connectivity index (χ1n) is 4.05. The molecular weight excluding hydrogens is 152 g/mol. The first kappa shape index (κ1) is 8.91. The van der Waals surface area contributed by atoms with E-state index in [1.54, 1.807) is 13.2 Å². The van der Waals surface area contributed by atoms with Gasteiger partial charge in [-0.3, -0.25) is 0 Å². The molecule has 0 aliphatic carbocycles. The molecule has 0 fully saturated rings. The van der Waals surface area contributed by atoms with Gasteiger partial charge in [0.1, 0.15) is 11.5 Å². The lowest BCUT2D eigenvalue weighted by molar-refractivity contribution is 0.400. The number of phenolic OH excluding ortho intramolecular Hbond substituents is 1. The van der Waals surface area contributed by atoms with Gasteiger partial charge in [0.25, 0.3) is 0 Å². The number of phenols is 1. The number of ether oxygens (including phenoxy) is 1. The highest BCUT2D eigenvalue weighted by atomic mass is 16.5. The van der Waals surface area contributed by atoms with Crippen molar-refractivity contribution in [2.45, 2.75) is 20.3 Å². The normalized spacial score (nSPS) is 9.92. The Morgan fingerprint density at radius 2 is 2.08 bits per heavy atom. The molecule has 1 aromatic rings. The molecule has 2 nitrogen and oxygen atoms in total. The van der Waals surface area contributed by atoms with E-state index >= 15 is 0 Å². The predicted octanol–water partition coefficient (Wildman–Crippen LogP) is 2.27. The summed E-state index contributed by atoms with van der Waals surface area (Å²) in [5.41, 5.74) is 1.89. The molecular formula is C10H14O2. The highest BCUT2D eigenvalue weighted by Crippen LogP contribution is 2.29. The van der Waals surface area contributed by atoms with Gasteiger partial charge in [-0.15, -0.1) is 0 Å². The van der Waals surface area contributed by atoms with Crippen LogP contribution in [0.5, 0.6) is 11.5 Å².